The second kappa shape index (κ2) is 7.86. The van der Waals surface area contributed by atoms with Crippen LogP contribution in [0.5, 0.6) is 11.5 Å². The molecule has 0 aromatic heterocycles. The topological polar surface area (TPSA) is 18.5 Å². The van der Waals surface area contributed by atoms with Crippen molar-refractivity contribution in [3.05, 3.63) is 54.9 Å². The number of hydrogen-bond donors (Lipinski definition) is 0. The molecule has 0 unspecified atom stereocenters. The fraction of sp³-hybridized carbons (Fsp3) is 0.200. The van der Waals surface area contributed by atoms with Crippen LogP contribution in [0.2, 0.25) is 0 Å². The summed E-state index contributed by atoms with van der Waals surface area (Å²) in [5, 5.41) is 0. The number of benzene rings is 2. The van der Waals surface area contributed by atoms with E-state index in [1.165, 1.54) is 0 Å². The first-order valence-corrected chi connectivity index (χ1v) is 8.95. The van der Waals surface area contributed by atoms with Gasteiger partial charge in [-0.15, -0.1) is 11.6 Å². The highest BCUT2D eigenvalue weighted by Crippen LogP contribution is 2.36. The maximum absolute atomic E-state index is 5.91. The van der Waals surface area contributed by atoms with Crippen LogP contribution in [0.1, 0.15) is 11.1 Å². The van der Waals surface area contributed by atoms with E-state index in [-0.39, 0.29) is 0 Å². The van der Waals surface area contributed by atoms with Crippen molar-refractivity contribution in [3.63, 3.8) is 0 Å². The van der Waals surface area contributed by atoms with Crippen LogP contribution in [0.3, 0.4) is 0 Å². The van der Waals surface area contributed by atoms with Crippen molar-refractivity contribution >= 4 is 59.4 Å². The van der Waals surface area contributed by atoms with Crippen molar-refractivity contribution in [1.29, 1.82) is 0 Å². The molecule has 2 aromatic carbocycles. The molecule has 0 aliphatic heterocycles. The molecule has 0 heterocycles. The lowest BCUT2D eigenvalue weighted by Gasteiger charge is -2.13. The van der Waals surface area contributed by atoms with Gasteiger partial charge in [0.05, 0.1) is 16.1 Å². The van der Waals surface area contributed by atoms with E-state index in [9.17, 15) is 0 Å². The van der Waals surface area contributed by atoms with Gasteiger partial charge < -0.3 is 9.47 Å². The van der Waals surface area contributed by atoms with Gasteiger partial charge in [0.2, 0.25) is 0 Å². The quantitative estimate of drug-likeness (QED) is 0.450. The molecule has 0 aliphatic rings. The molecule has 0 saturated carbocycles. The molecule has 0 N–H and O–H groups in total. The van der Waals surface area contributed by atoms with E-state index in [2.05, 4.69) is 47.8 Å². The first-order chi connectivity index (χ1) is 10.0. The van der Waals surface area contributed by atoms with E-state index in [1.54, 1.807) is 7.11 Å². The second-order valence-corrected chi connectivity index (χ2v) is 7.10. The molecule has 112 valence electrons. The molecule has 0 atom stereocenters. The molecule has 0 spiro atoms. The Morgan fingerprint density at radius 1 is 1.00 bits per heavy atom. The number of ether oxygens (including phenoxy) is 2. The maximum Gasteiger partial charge on any atom is 0.148 e. The van der Waals surface area contributed by atoms with Crippen molar-refractivity contribution < 1.29 is 9.47 Å². The molecule has 2 nitrogen and oxygen atoms in total. The Balaban J connectivity index is 2.20. The number of methoxy groups -OCH3 is 1. The lowest BCUT2D eigenvalue weighted by atomic mass is 10.2. The molecule has 2 aromatic rings. The van der Waals surface area contributed by atoms with E-state index >= 15 is 0 Å². The fourth-order valence-corrected chi connectivity index (χ4v) is 3.79. The Bertz CT molecular complexity index is 624. The number of hydrogen-bond acceptors (Lipinski definition) is 2. The van der Waals surface area contributed by atoms with Crippen LogP contribution in [0.25, 0.3) is 0 Å². The first-order valence-electron chi connectivity index (χ1n) is 6.04. The second-order valence-electron chi connectivity index (χ2n) is 4.27. The Kier molecular flexibility index (Phi) is 6.41. The van der Waals surface area contributed by atoms with Crippen molar-refractivity contribution in [2.45, 2.75) is 12.5 Å². The van der Waals surface area contributed by atoms with Gasteiger partial charge in [-0.1, -0.05) is 15.9 Å². The molecular weight excluding hydrogens is 487 g/mol. The third-order valence-electron chi connectivity index (χ3n) is 2.84. The molecule has 0 aliphatic carbocycles. The molecule has 0 saturated heterocycles. The summed E-state index contributed by atoms with van der Waals surface area (Å²) in [6, 6.07) is 9.69. The highest BCUT2D eigenvalue weighted by molar-refractivity contribution is 9.11. The van der Waals surface area contributed by atoms with Crippen LogP contribution in [-0.4, -0.2) is 7.11 Å². The van der Waals surface area contributed by atoms with Crippen LogP contribution >= 0.6 is 59.4 Å². The normalized spacial score (nSPS) is 10.5. The van der Waals surface area contributed by atoms with Crippen LogP contribution in [0.4, 0.5) is 0 Å². The summed E-state index contributed by atoms with van der Waals surface area (Å²) in [5.74, 6) is 2.00. The first kappa shape index (κ1) is 17.1. The molecular formula is C15H12Br3ClO2. The number of halogens is 4. The van der Waals surface area contributed by atoms with Gasteiger partial charge in [-0.3, -0.25) is 0 Å². The molecule has 6 heteroatoms. The lowest BCUT2D eigenvalue weighted by molar-refractivity contribution is 0.300. The summed E-state index contributed by atoms with van der Waals surface area (Å²) < 4.78 is 13.9. The largest absolute Gasteiger partial charge is 0.497 e. The van der Waals surface area contributed by atoms with Gasteiger partial charge in [0.25, 0.3) is 0 Å². The van der Waals surface area contributed by atoms with E-state index in [1.807, 2.05) is 30.3 Å². The minimum Gasteiger partial charge on any atom is -0.497 e. The van der Waals surface area contributed by atoms with E-state index in [0.717, 1.165) is 36.0 Å². The molecule has 0 fully saturated rings. The third kappa shape index (κ3) is 4.38. The van der Waals surface area contributed by atoms with Gasteiger partial charge in [-0.25, -0.2) is 0 Å². The van der Waals surface area contributed by atoms with Crippen molar-refractivity contribution in [2.75, 3.05) is 7.11 Å². The Labute approximate surface area is 154 Å². The van der Waals surface area contributed by atoms with Gasteiger partial charge in [0.1, 0.15) is 18.1 Å². The summed E-state index contributed by atoms with van der Waals surface area (Å²) in [5.41, 5.74) is 2.03. The lowest BCUT2D eigenvalue weighted by Crippen LogP contribution is -1.99. The monoisotopic (exact) mass is 496 g/mol. The smallest absolute Gasteiger partial charge is 0.148 e. The summed E-state index contributed by atoms with van der Waals surface area (Å²) in [4.78, 5) is 0. The molecule has 21 heavy (non-hydrogen) atoms. The Hall–Kier alpha value is -0.230. The van der Waals surface area contributed by atoms with Crippen LogP contribution in [0, 0.1) is 0 Å². The Morgan fingerprint density at radius 2 is 1.67 bits per heavy atom. The van der Waals surface area contributed by atoms with Crippen molar-refractivity contribution in [3.8, 4) is 11.5 Å². The summed E-state index contributed by atoms with van der Waals surface area (Å²) in [6.45, 7) is 0.426. The summed E-state index contributed by atoms with van der Waals surface area (Å²) >= 11 is 16.4. The maximum atomic E-state index is 5.91. The summed E-state index contributed by atoms with van der Waals surface area (Å²) in [7, 11) is 1.64. The zero-order valence-electron chi connectivity index (χ0n) is 11.1. The predicted octanol–water partition coefficient (Wildman–Crippen LogP) is 6.30. The average Bonchev–Trinajstić information content (AvgIpc) is 2.47. The molecule has 0 radical (unpaired) electrons. The minimum absolute atomic E-state index is 0.426. The molecule has 0 bridgehead atoms. The molecule has 2 rings (SSSR count). The standard InChI is InChI=1S/C15H12Br3ClO2/c1-20-11-2-3-12(16)10(6-11)8-21-15-13(17)4-9(7-19)5-14(15)18/h2-6H,7-8H2,1H3. The predicted molar refractivity (Wildman–Crippen MR) is 96.4 cm³/mol. The fourth-order valence-electron chi connectivity index (χ4n) is 1.77. The average molecular weight is 499 g/mol. The number of alkyl halides is 1. The Morgan fingerprint density at radius 3 is 2.24 bits per heavy atom. The minimum atomic E-state index is 0.426. The third-order valence-corrected chi connectivity index (χ3v) is 5.10. The van der Waals surface area contributed by atoms with E-state index in [0.29, 0.717) is 12.5 Å². The van der Waals surface area contributed by atoms with Gasteiger partial charge in [0.15, 0.2) is 0 Å². The van der Waals surface area contributed by atoms with Gasteiger partial charge in [-0.2, -0.15) is 0 Å². The summed E-state index contributed by atoms with van der Waals surface area (Å²) in [6.07, 6.45) is 0. The highest BCUT2D eigenvalue weighted by Gasteiger charge is 2.10. The highest BCUT2D eigenvalue weighted by atomic mass is 79.9. The SMILES string of the molecule is COc1ccc(Br)c(COc2c(Br)cc(CCl)cc2Br)c1. The van der Waals surface area contributed by atoms with Crippen LogP contribution < -0.4 is 9.47 Å². The van der Waals surface area contributed by atoms with Crippen LogP contribution in [0.15, 0.2) is 43.7 Å². The zero-order chi connectivity index (χ0) is 15.4. The van der Waals surface area contributed by atoms with Crippen molar-refractivity contribution in [2.24, 2.45) is 0 Å². The van der Waals surface area contributed by atoms with Crippen molar-refractivity contribution in [1.82, 2.24) is 0 Å². The number of rotatable bonds is 5. The van der Waals surface area contributed by atoms with Gasteiger partial charge in [-0.05, 0) is 67.8 Å². The van der Waals surface area contributed by atoms with E-state index in [4.69, 9.17) is 21.1 Å². The van der Waals surface area contributed by atoms with E-state index < -0.39 is 0 Å². The van der Waals surface area contributed by atoms with Gasteiger partial charge >= 0.3 is 0 Å². The van der Waals surface area contributed by atoms with Gasteiger partial charge in [0, 0.05) is 15.9 Å². The van der Waals surface area contributed by atoms with Crippen LogP contribution in [-0.2, 0) is 12.5 Å². The zero-order valence-corrected chi connectivity index (χ0v) is 16.6. The molecule has 0 amide bonds.